The number of unbranched alkanes of at least 4 members (excludes halogenated alkanes) is 1. The van der Waals surface area contributed by atoms with Crippen molar-refractivity contribution in [3.8, 4) is 0 Å². The molecule has 7 heteroatoms. The Bertz CT molecular complexity index is 961. The number of esters is 1. The van der Waals surface area contributed by atoms with Gasteiger partial charge in [0.25, 0.3) is 0 Å². The minimum absolute atomic E-state index is 0.0245. The molecule has 3 fully saturated rings. The van der Waals surface area contributed by atoms with Crippen molar-refractivity contribution in [2.45, 2.75) is 90.0 Å². The highest BCUT2D eigenvalue weighted by molar-refractivity contribution is 6.29. The normalized spacial score (nSPS) is 45.1. The van der Waals surface area contributed by atoms with E-state index >= 15 is 4.39 Å². The molecule has 0 radical (unpaired) electrons. The molecule has 0 aliphatic heterocycles. The molecule has 0 saturated heterocycles. The highest BCUT2D eigenvalue weighted by atomic mass is 35.5. The van der Waals surface area contributed by atoms with Gasteiger partial charge in [-0.2, -0.15) is 0 Å². The van der Waals surface area contributed by atoms with E-state index in [0.29, 0.717) is 31.3 Å². The number of allylic oxidation sites excluding steroid dienone is 4. The summed E-state index contributed by atoms with van der Waals surface area (Å²) < 4.78 is 23.4. The first-order chi connectivity index (χ1) is 15.9. The predicted octanol–water partition coefficient (Wildman–Crippen LogP) is 4.88. The molecule has 4 aliphatic carbocycles. The summed E-state index contributed by atoms with van der Waals surface area (Å²) >= 11 is 6.07. The molecule has 0 unspecified atom stereocenters. The molecule has 0 aromatic rings. The summed E-state index contributed by atoms with van der Waals surface area (Å²) in [5.41, 5.74) is -4.84. The van der Waals surface area contributed by atoms with Gasteiger partial charge in [-0.05, 0) is 57.1 Å². The second-order valence-electron chi connectivity index (χ2n) is 11.3. The minimum atomic E-state index is -2.00. The van der Waals surface area contributed by atoms with Gasteiger partial charge in [-0.25, -0.2) is 4.39 Å². The fourth-order valence-corrected chi connectivity index (χ4v) is 8.25. The van der Waals surface area contributed by atoms with Crippen molar-refractivity contribution < 1.29 is 28.6 Å². The Morgan fingerprint density at radius 2 is 2.00 bits per heavy atom. The van der Waals surface area contributed by atoms with Crippen LogP contribution in [0.5, 0.6) is 0 Å². The van der Waals surface area contributed by atoms with Gasteiger partial charge in [0.2, 0.25) is 0 Å². The molecular formula is C27H36ClFO5. The van der Waals surface area contributed by atoms with E-state index in [2.05, 4.69) is 0 Å². The van der Waals surface area contributed by atoms with Crippen LogP contribution in [0.1, 0.15) is 72.6 Å². The average Bonchev–Trinajstić information content (AvgIpc) is 3.00. The van der Waals surface area contributed by atoms with E-state index in [1.165, 1.54) is 12.2 Å². The predicted molar refractivity (Wildman–Crippen MR) is 127 cm³/mol. The van der Waals surface area contributed by atoms with Crippen LogP contribution in [0, 0.1) is 28.6 Å². The van der Waals surface area contributed by atoms with Crippen molar-refractivity contribution in [1.82, 2.24) is 0 Å². The monoisotopic (exact) mass is 494 g/mol. The molecule has 3 saturated carbocycles. The number of rotatable bonds is 6. The lowest BCUT2D eigenvalue weighted by atomic mass is 9.44. The third-order valence-corrected chi connectivity index (χ3v) is 9.97. The number of ketones is 2. The number of hydrogen-bond donors (Lipinski definition) is 1. The number of carbonyl (C=O) groups excluding carboxylic acids is 3. The van der Waals surface area contributed by atoms with Gasteiger partial charge in [-0.3, -0.25) is 14.4 Å². The number of carbonyl (C=O) groups is 3. The number of fused-ring (bicyclic) bond motifs is 5. The smallest absolute Gasteiger partial charge is 0.306 e. The van der Waals surface area contributed by atoms with Gasteiger partial charge in [0.05, 0.1) is 12.0 Å². The summed E-state index contributed by atoms with van der Waals surface area (Å²) in [6.07, 6.45) is 6.26. The molecule has 8 atom stereocenters. The minimum Gasteiger partial charge on any atom is -0.450 e. The molecule has 0 amide bonds. The lowest BCUT2D eigenvalue weighted by molar-refractivity contribution is -0.227. The fourth-order valence-electron chi connectivity index (χ4n) is 8.05. The second kappa shape index (κ2) is 8.55. The summed E-state index contributed by atoms with van der Waals surface area (Å²) in [6, 6.07) is 0. The van der Waals surface area contributed by atoms with Crippen molar-refractivity contribution >= 4 is 29.1 Å². The quantitative estimate of drug-likeness (QED) is 0.420. The van der Waals surface area contributed by atoms with Crippen LogP contribution < -0.4 is 0 Å². The molecule has 5 nitrogen and oxygen atoms in total. The van der Waals surface area contributed by atoms with Crippen LogP contribution in [-0.2, 0) is 19.1 Å². The Balaban J connectivity index is 1.80. The first kappa shape index (κ1) is 25.6. The molecule has 0 bridgehead atoms. The molecule has 4 aliphatic rings. The molecule has 188 valence electrons. The van der Waals surface area contributed by atoms with E-state index in [-0.39, 0.29) is 42.1 Å². The number of Topliss-reactive ketones (excluding diaryl/α,β-unsaturated/α-hetero) is 1. The molecule has 0 heterocycles. The van der Waals surface area contributed by atoms with Crippen LogP contribution >= 0.6 is 11.6 Å². The number of hydrogen-bond acceptors (Lipinski definition) is 5. The van der Waals surface area contributed by atoms with E-state index in [1.807, 2.05) is 20.8 Å². The van der Waals surface area contributed by atoms with E-state index in [4.69, 9.17) is 16.3 Å². The number of ether oxygens (including phenoxy) is 1. The van der Waals surface area contributed by atoms with Crippen LogP contribution in [0.4, 0.5) is 4.39 Å². The van der Waals surface area contributed by atoms with Crippen LogP contribution in [-0.4, -0.2) is 45.9 Å². The van der Waals surface area contributed by atoms with Gasteiger partial charge in [-0.1, -0.05) is 38.8 Å². The standard InChI is InChI=1S/C27H36ClFO5/c1-5-6-7-23(33)34-27(22(32)15-28)16(2)12-20-19-9-8-17-13-18(30)10-11-24(17,3)26(19,29)21(31)14-25(20,27)4/h10-11,13,16,19-21,31H,5-9,12,14-15H2,1-4H3/t16-,19+,20+,21+,24+,25+,26+,27+/m1/s1. The van der Waals surface area contributed by atoms with Crippen LogP contribution in [0.15, 0.2) is 23.8 Å². The summed E-state index contributed by atoms with van der Waals surface area (Å²) in [5.74, 6) is -2.50. The molecule has 0 aromatic carbocycles. The molecule has 34 heavy (non-hydrogen) atoms. The highest BCUT2D eigenvalue weighted by Crippen LogP contribution is 2.71. The summed E-state index contributed by atoms with van der Waals surface area (Å²) in [5, 5.41) is 11.5. The third-order valence-electron chi connectivity index (χ3n) is 9.73. The molecule has 0 spiro atoms. The fraction of sp³-hybridized carbons (Fsp3) is 0.741. The van der Waals surface area contributed by atoms with Gasteiger partial charge in [0.1, 0.15) is 0 Å². The van der Waals surface area contributed by atoms with E-state index in [9.17, 15) is 19.5 Å². The average molecular weight is 495 g/mol. The first-order valence-corrected chi connectivity index (χ1v) is 13.1. The van der Waals surface area contributed by atoms with Crippen LogP contribution in [0.25, 0.3) is 0 Å². The summed E-state index contributed by atoms with van der Waals surface area (Å²) in [7, 11) is 0. The van der Waals surface area contributed by atoms with Crippen molar-refractivity contribution in [2.24, 2.45) is 28.6 Å². The summed E-state index contributed by atoms with van der Waals surface area (Å²) in [6.45, 7) is 7.48. The lowest BCUT2D eigenvalue weighted by Gasteiger charge is -2.62. The Kier molecular flexibility index (Phi) is 6.42. The maximum atomic E-state index is 17.3. The molecule has 0 aromatic heterocycles. The zero-order valence-electron chi connectivity index (χ0n) is 20.5. The van der Waals surface area contributed by atoms with Crippen molar-refractivity contribution in [2.75, 3.05) is 5.88 Å². The number of halogens is 2. The van der Waals surface area contributed by atoms with Gasteiger partial charge in [-0.15, -0.1) is 11.6 Å². The number of alkyl halides is 2. The number of aliphatic hydroxyl groups excluding tert-OH is 1. The van der Waals surface area contributed by atoms with Crippen LogP contribution in [0.3, 0.4) is 0 Å². The molecule has 4 rings (SSSR count). The first-order valence-electron chi connectivity index (χ1n) is 12.5. The van der Waals surface area contributed by atoms with E-state index in [1.54, 1.807) is 13.0 Å². The number of aliphatic hydroxyl groups is 1. The van der Waals surface area contributed by atoms with Gasteiger partial charge < -0.3 is 9.84 Å². The Morgan fingerprint density at radius 3 is 2.65 bits per heavy atom. The lowest BCUT2D eigenvalue weighted by Crippen LogP contribution is -2.70. The van der Waals surface area contributed by atoms with Crippen molar-refractivity contribution in [1.29, 1.82) is 0 Å². The maximum absolute atomic E-state index is 17.3. The molecular weight excluding hydrogens is 459 g/mol. The topological polar surface area (TPSA) is 80.7 Å². The Labute approximate surface area is 206 Å². The Hall–Kier alpha value is -1.53. The third kappa shape index (κ3) is 3.16. The highest BCUT2D eigenvalue weighted by Gasteiger charge is 2.77. The van der Waals surface area contributed by atoms with E-state index < -0.39 is 40.1 Å². The van der Waals surface area contributed by atoms with Gasteiger partial charge >= 0.3 is 5.97 Å². The zero-order valence-corrected chi connectivity index (χ0v) is 21.3. The summed E-state index contributed by atoms with van der Waals surface area (Å²) in [4.78, 5) is 38.3. The van der Waals surface area contributed by atoms with E-state index in [0.717, 1.165) is 6.42 Å². The second-order valence-corrected chi connectivity index (χ2v) is 11.5. The zero-order chi connectivity index (χ0) is 25.1. The van der Waals surface area contributed by atoms with Gasteiger partial charge in [0, 0.05) is 29.1 Å². The SMILES string of the molecule is CCCCC(=O)O[C@]1(C(=O)CCl)[C@H](C)C[C@H]2[C@@H]3CCC4=CC(=O)C=C[C@]4(C)[C@@]3(F)[C@@H](O)C[C@@]21C. The largest absolute Gasteiger partial charge is 0.450 e. The Morgan fingerprint density at radius 1 is 1.29 bits per heavy atom. The molecule has 1 N–H and O–H groups in total. The maximum Gasteiger partial charge on any atom is 0.306 e. The van der Waals surface area contributed by atoms with Gasteiger partial charge in [0.15, 0.2) is 22.8 Å². The van der Waals surface area contributed by atoms with Crippen LogP contribution in [0.2, 0.25) is 0 Å². The van der Waals surface area contributed by atoms with Crippen molar-refractivity contribution in [3.63, 3.8) is 0 Å². The van der Waals surface area contributed by atoms with Crippen molar-refractivity contribution in [3.05, 3.63) is 23.8 Å².